The highest BCUT2D eigenvalue weighted by Gasteiger charge is 2.33. The Bertz CT molecular complexity index is 515. The quantitative estimate of drug-likeness (QED) is 0.843. The predicted octanol–water partition coefficient (Wildman–Crippen LogP) is 2.81. The first kappa shape index (κ1) is 22.2. The third-order valence-corrected chi connectivity index (χ3v) is 5.19. The summed E-state index contributed by atoms with van der Waals surface area (Å²) in [5.74, 6) is 1.22. The highest BCUT2D eigenvalue weighted by atomic mass is 35.5. The molecule has 1 aromatic carbocycles. The number of hydrogen-bond acceptors (Lipinski definition) is 3. The van der Waals surface area contributed by atoms with E-state index in [-0.39, 0.29) is 30.7 Å². The van der Waals surface area contributed by atoms with Crippen molar-refractivity contribution in [3.05, 3.63) is 35.9 Å². The molecule has 2 aliphatic heterocycles. The van der Waals surface area contributed by atoms with Crippen LogP contribution in [0.4, 0.5) is 0 Å². The predicted molar refractivity (Wildman–Crippen MR) is 108 cm³/mol. The maximum Gasteiger partial charge on any atom is 0.226 e. The lowest BCUT2D eigenvalue weighted by molar-refractivity contribution is -0.136. The topological polar surface area (TPSA) is 35.6 Å². The molecule has 1 N–H and O–H groups in total. The van der Waals surface area contributed by atoms with Gasteiger partial charge in [-0.3, -0.25) is 9.69 Å². The fraction of sp³-hybridized carbons (Fsp3) is 0.632. The van der Waals surface area contributed by atoms with Crippen LogP contribution in [0.5, 0.6) is 0 Å². The van der Waals surface area contributed by atoms with E-state index >= 15 is 0 Å². The van der Waals surface area contributed by atoms with E-state index in [1.165, 1.54) is 5.56 Å². The number of amides is 1. The zero-order valence-corrected chi connectivity index (χ0v) is 16.7. The molecular weight excluding hydrogens is 357 g/mol. The molecule has 6 heteroatoms. The minimum Gasteiger partial charge on any atom is -0.342 e. The summed E-state index contributed by atoms with van der Waals surface area (Å²) in [6.45, 7) is 5.90. The maximum absolute atomic E-state index is 12.8. The van der Waals surface area contributed by atoms with E-state index in [0.717, 1.165) is 58.5 Å². The number of halogens is 2. The lowest BCUT2D eigenvalue weighted by atomic mass is 9.96. The molecule has 1 aromatic rings. The second kappa shape index (κ2) is 11.0. The lowest BCUT2D eigenvalue weighted by Crippen LogP contribution is -2.44. The Labute approximate surface area is 164 Å². The van der Waals surface area contributed by atoms with Gasteiger partial charge in [0.25, 0.3) is 0 Å². The van der Waals surface area contributed by atoms with Gasteiger partial charge in [-0.05, 0) is 50.9 Å². The van der Waals surface area contributed by atoms with Crippen molar-refractivity contribution in [3.63, 3.8) is 0 Å². The molecule has 0 radical (unpaired) electrons. The van der Waals surface area contributed by atoms with Crippen molar-refractivity contribution in [2.45, 2.75) is 25.8 Å². The third-order valence-electron chi connectivity index (χ3n) is 5.19. The Morgan fingerprint density at radius 3 is 2.60 bits per heavy atom. The van der Waals surface area contributed by atoms with Gasteiger partial charge in [0.05, 0.1) is 5.92 Å². The van der Waals surface area contributed by atoms with Crippen LogP contribution < -0.4 is 5.32 Å². The largest absolute Gasteiger partial charge is 0.342 e. The van der Waals surface area contributed by atoms with Crippen LogP contribution in [0.15, 0.2) is 30.3 Å². The van der Waals surface area contributed by atoms with Gasteiger partial charge >= 0.3 is 0 Å². The summed E-state index contributed by atoms with van der Waals surface area (Å²) in [7, 11) is 1.99. The van der Waals surface area contributed by atoms with Gasteiger partial charge in [-0.25, -0.2) is 0 Å². The first-order valence-electron chi connectivity index (χ1n) is 8.96. The Kier molecular flexibility index (Phi) is 9.80. The molecule has 142 valence electrons. The summed E-state index contributed by atoms with van der Waals surface area (Å²) in [4.78, 5) is 17.4. The fourth-order valence-corrected chi connectivity index (χ4v) is 3.99. The van der Waals surface area contributed by atoms with Gasteiger partial charge in [0.15, 0.2) is 0 Å². The number of likely N-dealkylation sites (tertiary alicyclic amines) is 2. The standard InChI is InChI=1S/C19H29N3O.2ClH/c1-20-12-17-9-11-22(14-17)19(23)18-8-5-10-21(15-18)13-16-6-3-2-4-7-16;;/h2-4,6-7,17-18,20H,5,8-15H2,1H3;2*1H. The van der Waals surface area contributed by atoms with Crippen molar-refractivity contribution in [2.75, 3.05) is 39.8 Å². The van der Waals surface area contributed by atoms with E-state index in [1.807, 2.05) is 7.05 Å². The number of rotatable bonds is 5. The van der Waals surface area contributed by atoms with Crippen LogP contribution in [0, 0.1) is 11.8 Å². The number of hydrogen-bond donors (Lipinski definition) is 1. The first-order chi connectivity index (χ1) is 11.3. The van der Waals surface area contributed by atoms with Crippen LogP contribution in [-0.2, 0) is 11.3 Å². The summed E-state index contributed by atoms with van der Waals surface area (Å²) in [5.41, 5.74) is 1.34. The summed E-state index contributed by atoms with van der Waals surface area (Å²) in [6.07, 6.45) is 3.33. The summed E-state index contributed by atoms with van der Waals surface area (Å²) in [6, 6.07) is 10.6. The Balaban J connectivity index is 0.00000156. The van der Waals surface area contributed by atoms with Crippen molar-refractivity contribution >= 4 is 30.7 Å². The van der Waals surface area contributed by atoms with Crippen LogP contribution in [-0.4, -0.2) is 55.5 Å². The van der Waals surface area contributed by atoms with Gasteiger partial charge in [0, 0.05) is 26.2 Å². The van der Waals surface area contributed by atoms with E-state index in [1.54, 1.807) is 0 Å². The van der Waals surface area contributed by atoms with E-state index < -0.39 is 0 Å². The van der Waals surface area contributed by atoms with Crippen LogP contribution in [0.1, 0.15) is 24.8 Å². The third kappa shape index (κ3) is 6.14. The minimum absolute atomic E-state index is 0. The van der Waals surface area contributed by atoms with Gasteiger partial charge in [-0.1, -0.05) is 30.3 Å². The van der Waals surface area contributed by atoms with Crippen molar-refractivity contribution in [3.8, 4) is 0 Å². The molecule has 0 bridgehead atoms. The van der Waals surface area contributed by atoms with Crippen molar-refractivity contribution in [1.82, 2.24) is 15.1 Å². The Hall–Kier alpha value is -0.810. The maximum atomic E-state index is 12.8. The van der Waals surface area contributed by atoms with E-state index in [2.05, 4.69) is 45.4 Å². The number of nitrogens with one attached hydrogen (secondary N) is 1. The zero-order valence-electron chi connectivity index (χ0n) is 15.0. The molecule has 2 atom stereocenters. The second-order valence-electron chi connectivity index (χ2n) is 7.06. The highest BCUT2D eigenvalue weighted by Crippen LogP contribution is 2.24. The van der Waals surface area contributed by atoms with Gasteiger partial charge < -0.3 is 10.2 Å². The first-order valence-corrected chi connectivity index (χ1v) is 8.96. The molecule has 0 spiro atoms. The summed E-state index contributed by atoms with van der Waals surface area (Å²) < 4.78 is 0. The molecule has 25 heavy (non-hydrogen) atoms. The monoisotopic (exact) mass is 387 g/mol. The number of carbonyl (C=O) groups excluding carboxylic acids is 1. The summed E-state index contributed by atoms with van der Waals surface area (Å²) in [5, 5.41) is 3.24. The fourth-order valence-electron chi connectivity index (χ4n) is 3.99. The second-order valence-corrected chi connectivity index (χ2v) is 7.06. The van der Waals surface area contributed by atoms with Crippen molar-refractivity contribution in [1.29, 1.82) is 0 Å². The zero-order chi connectivity index (χ0) is 16.1. The molecule has 0 saturated carbocycles. The average molecular weight is 388 g/mol. The van der Waals surface area contributed by atoms with Crippen molar-refractivity contribution < 1.29 is 4.79 Å². The molecule has 2 saturated heterocycles. The number of benzene rings is 1. The lowest BCUT2D eigenvalue weighted by Gasteiger charge is -2.34. The SMILES string of the molecule is CNCC1CCN(C(=O)C2CCCN(Cc3ccccc3)C2)C1.Cl.Cl. The number of nitrogens with zero attached hydrogens (tertiary/aromatic N) is 2. The highest BCUT2D eigenvalue weighted by molar-refractivity contribution is 5.85. The van der Waals surface area contributed by atoms with Crippen LogP contribution in [0.25, 0.3) is 0 Å². The smallest absolute Gasteiger partial charge is 0.226 e. The summed E-state index contributed by atoms with van der Waals surface area (Å²) >= 11 is 0. The van der Waals surface area contributed by atoms with E-state index in [4.69, 9.17) is 0 Å². The van der Waals surface area contributed by atoms with Crippen LogP contribution >= 0.6 is 24.8 Å². The normalized spacial score (nSPS) is 23.6. The molecule has 0 aromatic heterocycles. The molecule has 1 amide bonds. The molecule has 2 aliphatic rings. The minimum atomic E-state index is 0. The van der Waals surface area contributed by atoms with E-state index in [9.17, 15) is 4.79 Å². The Morgan fingerprint density at radius 1 is 1.12 bits per heavy atom. The molecule has 2 heterocycles. The van der Waals surface area contributed by atoms with Gasteiger partial charge in [0.1, 0.15) is 0 Å². The van der Waals surface area contributed by atoms with Crippen LogP contribution in [0.3, 0.4) is 0 Å². The van der Waals surface area contributed by atoms with E-state index in [0.29, 0.717) is 11.8 Å². The molecular formula is C19H31Cl2N3O. The van der Waals surface area contributed by atoms with Crippen molar-refractivity contribution in [2.24, 2.45) is 11.8 Å². The van der Waals surface area contributed by atoms with Gasteiger partial charge in [0.2, 0.25) is 5.91 Å². The molecule has 3 rings (SSSR count). The van der Waals surface area contributed by atoms with Gasteiger partial charge in [-0.2, -0.15) is 0 Å². The average Bonchev–Trinajstić information content (AvgIpc) is 3.04. The molecule has 2 unspecified atom stereocenters. The number of piperidine rings is 1. The number of carbonyl (C=O) groups is 1. The Morgan fingerprint density at radius 2 is 1.88 bits per heavy atom. The van der Waals surface area contributed by atoms with Gasteiger partial charge in [-0.15, -0.1) is 24.8 Å². The molecule has 2 fully saturated rings. The molecule has 0 aliphatic carbocycles. The van der Waals surface area contributed by atoms with Crippen LogP contribution in [0.2, 0.25) is 0 Å². The molecule has 4 nitrogen and oxygen atoms in total.